The SMILES string of the molecule is Cc1cc(CN2CCN(C(=O)Cn3cnc4c(C)cccc4c3=O)CC2)no1. The fourth-order valence-electron chi connectivity index (χ4n) is 3.57. The van der Waals surface area contributed by atoms with Crippen molar-refractivity contribution < 1.29 is 9.32 Å². The van der Waals surface area contributed by atoms with Crippen molar-refractivity contribution in [3.8, 4) is 0 Å². The molecule has 4 rings (SSSR count). The minimum absolute atomic E-state index is 0.0121. The predicted molar refractivity (Wildman–Crippen MR) is 104 cm³/mol. The van der Waals surface area contributed by atoms with Gasteiger partial charge in [-0.2, -0.15) is 0 Å². The van der Waals surface area contributed by atoms with Gasteiger partial charge in [0.05, 0.1) is 22.9 Å². The molecule has 3 aromatic rings. The summed E-state index contributed by atoms with van der Waals surface area (Å²) in [5, 5.41) is 4.56. The summed E-state index contributed by atoms with van der Waals surface area (Å²) in [6.45, 7) is 7.31. The van der Waals surface area contributed by atoms with Crippen LogP contribution in [0.4, 0.5) is 0 Å². The molecule has 0 N–H and O–H groups in total. The topological polar surface area (TPSA) is 84.5 Å². The third-order valence-electron chi connectivity index (χ3n) is 5.15. The van der Waals surface area contributed by atoms with Crippen LogP contribution in [0.15, 0.2) is 39.9 Å². The summed E-state index contributed by atoms with van der Waals surface area (Å²) in [5.41, 5.74) is 2.36. The second kappa shape index (κ2) is 7.55. The number of hydrogen-bond donors (Lipinski definition) is 0. The van der Waals surface area contributed by atoms with Gasteiger partial charge in [0.2, 0.25) is 5.91 Å². The zero-order chi connectivity index (χ0) is 19.7. The fourth-order valence-corrected chi connectivity index (χ4v) is 3.57. The molecule has 2 aromatic heterocycles. The van der Waals surface area contributed by atoms with Crippen molar-refractivity contribution in [1.29, 1.82) is 0 Å². The third-order valence-corrected chi connectivity index (χ3v) is 5.15. The maximum atomic E-state index is 12.7. The predicted octanol–water partition coefficient (Wildman–Crippen LogP) is 1.35. The molecule has 0 bridgehead atoms. The van der Waals surface area contributed by atoms with Crippen LogP contribution in [0.25, 0.3) is 10.9 Å². The van der Waals surface area contributed by atoms with Crippen molar-refractivity contribution in [2.24, 2.45) is 0 Å². The van der Waals surface area contributed by atoms with E-state index < -0.39 is 0 Å². The molecule has 0 saturated carbocycles. The summed E-state index contributed by atoms with van der Waals surface area (Å²) in [5.74, 6) is 0.737. The number of piperazine rings is 1. The Hall–Kier alpha value is -3.00. The molecule has 146 valence electrons. The highest BCUT2D eigenvalue weighted by Crippen LogP contribution is 2.12. The molecule has 0 atom stereocenters. The molecule has 0 aliphatic carbocycles. The molecule has 1 aliphatic rings. The molecule has 0 unspecified atom stereocenters. The molecule has 1 aliphatic heterocycles. The van der Waals surface area contributed by atoms with Gasteiger partial charge in [-0.15, -0.1) is 0 Å². The van der Waals surface area contributed by atoms with Crippen molar-refractivity contribution in [2.75, 3.05) is 26.2 Å². The first-order chi connectivity index (χ1) is 13.5. The molecule has 1 fully saturated rings. The lowest BCUT2D eigenvalue weighted by molar-refractivity contribution is -0.133. The first-order valence-corrected chi connectivity index (χ1v) is 9.38. The Bertz CT molecular complexity index is 1060. The van der Waals surface area contributed by atoms with Gasteiger partial charge < -0.3 is 9.42 Å². The highest BCUT2D eigenvalue weighted by Gasteiger charge is 2.22. The highest BCUT2D eigenvalue weighted by atomic mass is 16.5. The van der Waals surface area contributed by atoms with Gasteiger partial charge in [0.1, 0.15) is 12.3 Å². The minimum atomic E-state index is -0.179. The maximum absolute atomic E-state index is 12.7. The standard InChI is InChI=1S/C20H23N5O3/c1-14-4-3-5-17-19(14)21-13-25(20(17)27)12-18(26)24-8-6-23(7-9-24)11-16-10-15(2)28-22-16/h3-5,10,13H,6-9,11-12H2,1-2H3. The van der Waals surface area contributed by atoms with Crippen LogP contribution < -0.4 is 5.56 Å². The van der Waals surface area contributed by atoms with Crippen LogP contribution in [0.3, 0.4) is 0 Å². The Kier molecular flexibility index (Phi) is 4.95. The monoisotopic (exact) mass is 381 g/mol. The zero-order valence-corrected chi connectivity index (χ0v) is 16.1. The van der Waals surface area contributed by atoms with E-state index in [1.165, 1.54) is 10.9 Å². The van der Waals surface area contributed by atoms with Gasteiger partial charge in [0.25, 0.3) is 5.56 Å². The van der Waals surface area contributed by atoms with E-state index in [0.29, 0.717) is 30.5 Å². The molecular weight excluding hydrogens is 358 g/mol. The van der Waals surface area contributed by atoms with Gasteiger partial charge in [-0.05, 0) is 25.5 Å². The number of aryl methyl sites for hydroxylation is 2. The molecule has 1 amide bonds. The molecule has 1 saturated heterocycles. The number of nitrogens with zero attached hydrogens (tertiary/aromatic N) is 5. The van der Waals surface area contributed by atoms with Crippen LogP contribution in [0.1, 0.15) is 17.0 Å². The maximum Gasteiger partial charge on any atom is 0.261 e. The van der Waals surface area contributed by atoms with Crippen molar-refractivity contribution in [3.63, 3.8) is 0 Å². The number of carbonyl (C=O) groups excluding carboxylic acids is 1. The molecule has 0 radical (unpaired) electrons. The Morgan fingerprint density at radius 1 is 1.18 bits per heavy atom. The van der Waals surface area contributed by atoms with Gasteiger partial charge >= 0.3 is 0 Å². The average molecular weight is 381 g/mol. The normalized spacial score (nSPS) is 15.3. The Labute approximate surface area is 162 Å². The number of fused-ring (bicyclic) bond motifs is 1. The number of amides is 1. The molecule has 1 aromatic carbocycles. The Balaban J connectivity index is 1.39. The van der Waals surface area contributed by atoms with Crippen molar-refractivity contribution >= 4 is 16.8 Å². The Morgan fingerprint density at radius 2 is 1.96 bits per heavy atom. The van der Waals surface area contributed by atoms with Crippen LogP contribution in [-0.4, -0.2) is 56.6 Å². The van der Waals surface area contributed by atoms with E-state index in [2.05, 4.69) is 15.0 Å². The van der Waals surface area contributed by atoms with Crippen molar-refractivity contribution in [3.05, 3.63) is 58.0 Å². The van der Waals surface area contributed by atoms with E-state index in [9.17, 15) is 9.59 Å². The largest absolute Gasteiger partial charge is 0.361 e. The van der Waals surface area contributed by atoms with Crippen LogP contribution in [0.2, 0.25) is 0 Å². The van der Waals surface area contributed by atoms with E-state index in [1.807, 2.05) is 32.0 Å². The minimum Gasteiger partial charge on any atom is -0.361 e. The van der Waals surface area contributed by atoms with E-state index >= 15 is 0 Å². The lowest BCUT2D eigenvalue weighted by Gasteiger charge is -2.34. The highest BCUT2D eigenvalue weighted by molar-refractivity contribution is 5.81. The zero-order valence-electron chi connectivity index (χ0n) is 16.1. The van der Waals surface area contributed by atoms with Crippen LogP contribution >= 0.6 is 0 Å². The summed E-state index contributed by atoms with van der Waals surface area (Å²) in [6, 6.07) is 7.44. The number of aromatic nitrogens is 3. The number of benzene rings is 1. The summed E-state index contributed by atoms with van der Waals surface area (Å²) in [6.07, 6.45) is 1.47. The number of carbonyl (C=O) groups is 1. The molecule has 28 heavy (non-hydrogen) atoms. The van der Waals surface area contributed by atoms with Crippen LogP contribution in [-0.2, 0) is 17.9 Å². The first kappa shape index (κ1) is 18.4. The molecule has 0 spiro atoms. The summed E-state index contributed by atoms with van der Waals surface area (Å²) in [4.78, 5) is 33.8. The molecular formula is C20H23N5O3. The van der Waals surface area contributed by atoms with Crippen molar-refractivity contribution in [2.45, 2.75) is 26.9 Å². The lowest BCUT2D eigenvalue weighted by Crippen LogP contribution is -2.49. The average Bonchev–Trinajstić information content (AvgIpc) is 3.10. The summed E-state index contributed by atoms with van der Waals surface area (Å²) in [7, 11) is 0. The van der Waals surface area contributed by atoms with E-state index in [4.69, 9.17) is 4.52 Å². The smallest absolute Gasteiger partial charge is 0.261 e. The van der Waals surface area contributed by atoms with Gasteiger partial charge in [-0.1, -0.05) is 17.3 Å². The number of para-hydroxylation sites is 1. The molecule has 8 heteroatoms. The van der Waals surface area contributed by atoms with Crippen LogP contribution in [0.5, 0.6) is 0 Å². The third kappa shape index (κ3) is 3.68. The Morgan fingerprint density at radius 3 is 2.68 bits per heavy atom. The fraction of sp³-hybridized carbons (Fsp3) is 0.400. The number of rotatable bonds is 4. The second-order valence-electron chi connectivity index (χ2n) is 7.23. The number of hydrogen-bond acceptors (Lipinski definition) is 6. The first-order valence-electron chi connectivity index (χ1n) is 9.38. The molecule has 3 heterocycles. The quantitative estimate of drug-likeness (QED) is 0.678. The van der Waals surface area contributed by atoms with Gasteiger partial charge in [0, 0.05) is 38.8 Å². The van der Waals surface area contributed by atoms with Gasteiger partial charge in [-0.3, -0.25) is 19.1 Å². The molecule has 8 nitrogen and oxygen atoms in total. The van der Waals surface area contributed by atoms with E-state index in [0.717, 1.165) is 30.1 Å². The van der Waals surface area contributed by atoms with Gasteiger partial charge in [0.15, 0.2) is 0 Å². The van der Waals surface area contributed by atoms with Gasteiger partial charge in [-0.25, -0.2) is 4.98 Å². The van der Waals surface area contributed by atoms with Crippen LogP contribution in [0, 0.1) is 13.8 Å². The lowest BCUT2D eigenvalue weighted by atomic mass is 10.1. The summed E-state index contributed by atoms with van der Waals surface area (Å²) >= 11 is 0. The van der Waals surface area contributed by atoms with E-state index in [-0.39, 0.29) is 18.0 Å². The summed E-state index contributed by atoms with van der Waals surface area (Å²) < 4.78 is 6.50. The second-order valence-corrected chi connectivity index (χ2v) is 7.23. The van der Waals surface area contributed by atoms with Crippen molar-refractivity contribution in [1.82, 2.24) is 24.5 Å². The van der Waals surface area contributed by atoms with E-state index in [1.54, 1.807) is 11.0 Å².